The number of imidazole rings is 1. The average Bonchev–Trinajstić information content (AvgIpc) is 2.70. The number of rotatable bonds is 1. The van der Waals surface area contributed by atoms with Crippen LogP contribution in [-0.4, -0.2) is 16.1 Å². The smallest absolute Gasteiger partial charge is 0.337 e. The van der Waals surface area contributed by atoms with Crippen molar-refractivity contribution in [1.29, 1.82) is 5.26 Å². The van der Waals surface area contributed by atoms with Crippen LogP contribution in [0.4, 0.5) is 22.0 Å². The number of hydrogen-bond acceptors (Lipinski definition) is 2. The van der Waals surface area contributed by atoms with E-state index in [-0.39, 0.29) is 16.6 Å². The number of alkyl halides is 5. The summed E-state index contributed by atoms with van der Waals surface area (Å²) in [6.07, 6.45) is -5.72. The molecule has 0 aliphatic carbocycles. The molecule has 18 heavy (non-hydrogen) atoms. The Hall–Kier alpha value is -2.17. The van der Waals surface area contributed by atoms with Gasteiger partial charge < -0.3 is 4.98 Å². The standard InChI is InChI=1S/C10H4F5N3/c11-9(12,10(13,14)15)8-17-6-2-1-5(4-16)3-7(6)18-8/h1-3H,(H,17,18). The van der Waals surface area contributed by atoms with Gasteiger partial charge in [-0.15, -0.1) is 0 Å². The van der Waals surface area contributed by atoms with Crippen molar-refractivity contribution in [3.8, 4) is 6.07 Å². The highest BCUT2D eigenvalue weighted by molar-refractivity contribution is 5.76. The van der Waals surface area contributed by atoms with E-state index in [9.17, 15) is 22.0 Å². The fraction of sp³-hybridized carbons (Fsp3) is 0.200. The zero-order chi connectivity index (χ0) is 13.6. The van der Waals surface area contributed by atoms with Gasteiger partial charge in [-0.25, -0.2) is 4.98 Å². The Labute approximate surface area is 96.9 Å². The van der Waals surface area contributed by atoms with Crippen LogP contribution in [-0.2, 0) is 5.92 Å². The molecule has 0 atom stereocenters. The second kappa shape index (κ2) is 3.66. The fourth-order valence-corrected chi connectivity index (χ4v) is 1.36. The lowest BCUT2D eigenvalue weighted by molar-refractivity contribution is -0.292. The van der Waals surface area contributed by atoms with Crippen molar-refractivity contribution in [2.24, 2.45) is 0 Å². The summed E-state index contributed by atoms with van der Waals surface area (Å²) >= 11 is 0. The molecular formula is C10H4F5N3. The van der Waals surface area contributed by atoms with Gasteiger partial charge in [-0.05, 0) is 18.2 Å². The van der Waals surface area contributed by atoms with Gasteiger partial charge in [0.05, 0.1) is 22.7 Å². The normalized spacial score (nSPS) is 12.7. The Morgan fingerprint density at radius 1 is 1.17 bits per heavy atom. The number of H-pyrrole nitrogens is 1. The molecule has 3 nitrogen and oxygen atoms in total. The predicted octanol–water partition coefficient (Wildman–Crippen LogP) is 3.09. The number of nitriles is 1. The number of aromatic amines is 1. The van der Waals surface area contributed by atoms with Gasteiger partial charge in [0.1, 0.15) is 0 Å². The van der Waals surface area contributed by atoms with Gasteiger partial charge in [0.25, 0.3) is 0 Å². The molecule has 1 aromatic heterocycles. The number of nitrogens with zero attached hydrogens (tertiary/aromatic N) is 2. The molecule has 0 fully saturated rings. The Balaban J connectivity index is 2.58. The summed E-state index contributed by atoms with van der Waals surface area (Å²) in [5.41, 5.74) is 0.0222. The second-order valence-electron chi connectivity index (χ2n) is 3.50. The second-order valence-corrected chi connectivity index (χ2v) is 3.50. The van der Waals surface area contributed by atoms with Crippen molar-refractivity contribution in [3.63, 3.8) is 0 Å². The van der Waals surface area contributed by atoms with Crippen LogP contribution in [0.5, 0.6) is 0 Å². The van der Waals surface area contributed by atoms with E-state index in [1.54, 1.807) is 6.07 Å². The molecule has 0 amide bonds. The van der Waals surface area contributed by atoms with Crippen molar-refractivity contribution >= 4 is 11.0 Å². The predicted molar refractivity (Wildman–Crippen MR) is 50.8 cm³/mol. The van der Waals surface area contributed by atoms with E-state index in [0.717, 1.165) is 6.07 Å². The summed E-state index contributed by atoms with van der Waals surface area (Å²) in [6.45, 7) is 0. The molecule has 2 aromatic rings. The molecule has 2 rings (SSSR count). The molecule has 0 spiro atoms. The zero-order valence-electron chi connectivity index (χ0n) is 8.52. The average molecular weight is 261 g/mol. The molecule has 1 aromatic carbocycles. The summed E-state index contributed by atoms with van der Waals surface area (Å²) in [5, 5.41) is 8.58. The van der Waals surface area contributed by atoms with Crippen molar-refractivity contribution in [3.05, 3.63) is 29.6 Å². The lowest BCUT2D eigenvalue weighted by atomic mass is 10.2. The van der Waals surface area contributed by atoms with Crippen LogP contribution in [0, 0.1) is 11.3 Å². The maximum absolute atomic E-state index is 13.0. The first kappa shape index (κ1) is 12.3. The summed E-state index contributed by atoms with van der Waals surface area (Å²) in [7, 11) is 0. The topological polar surface area (TPSA) is 52.5 Å². The fourth-order valence-electron chi connectivity index (χ4n) is 1.36. The third-order valence-electron chi connectivity index (χ3n) is 2.26. The lowest BCUT2D eigenvalue weighted by Gasteiger charge is -2.16. The van der Waals surface area contributed by atoms with E-state index < -0.39 is 17.9 Å². The van der Waals surface area contributed by atoms with E-state index in [2.05, 4.69) is 4.98 Å². The molecule has 0 aliphatic heterocycles. The molecule has 0 bridgehead atoms. The van der Waals surface area contributed by atoms with E-state index in [1.165, 1.54) is 12.1 Å². The third kappa shape index (κ3) is 1.77. The minimum atomic E-state index is -5.72. The number of fused-ring (bicyclic) bond motifs is 1. The van der Waals surface area contributed by atoms with E-state index in [4.69, 9.17) is 5.26 Å². The molecule has 1 heterocycles. The quantitative estimate of drug-likeness (QED) is 0.802. The Bertz CT molecular complexity index is 635. The van der Waals surface area contributed by atoms with Gasteiger partial charge >= 0.3 is 12.1 Å². The maximum Gasteiger partial charge on any atom is 0.461 e. The van der Waals surface area contributed by atoms with Crippen molar-refractivity contribution in [1.82, 2.24) is 9.97 Å². The maximum atomic E-state index is 13.0. The van der Waals surface area contributed by atoms with Crippen LogP contribution in [0.1, 0.15) is 11.4 Å². The molecule has 0 saturated heterocycles. The van der Waals surface area contributed by atoms with E-state index in [0.29, 0.717) is 0 Å². The van der Waals surface area contributed by atoms with Crippen LogP contribution in [0.25, 0.3) is 11.0 Å². The van der Waals surface area contributed by atoms with Crippen LogP contribution in [0.15, 0.2) is 18.2 Å². The molecule has 8 heteroatoms. The highest BCUT2D eigenvalue weighted by Gasteiger charge is 2.61. The SMILES string of the molecule is N#Cc1ccc2nc(C(F)(F)C(F)(F)F)[nH]c2c1. The van der Waals surface area contributed by atoms with Crippen LogP contribution >= 0.6 is 0 Å². The number of aromatic nitrogens is 2. The first-order valence-corrected chi connectivity index (χ1v) is 4.60. The first-order valence-electron chi connectivity index (χ1n) is 4.60. The monoisotopic (exact) mass is 261 g/mol. The summed E-state index contributed by atoms with van der Waals surface area (Å²) in [5.74, 6) is -6.54. The van der Waals surface area contributed by atoms with Crippen molar-refractivity contribution < 1.29 is 22.0 Å². The lowest BCUT2D eigenvalue weighted by Crippen LogP contribution is -2.34. The largest absolute Gasteiger partial charge is 0.461 e. The van der Waals surface area contributed by atoms with E-state index >= 15 is 0 Å². The number of hydrogen-bond donors (Lipinski definition) is 1. The molecule has 94 valence electrons. The Morgan fingerprint density at radius 2 is 1.83 bits per heavy atom. The summed E-state index contributed by atoms with van der Waals surface area (Å²) in [4.78, 5) is 5.08. The molecular weight excluding hydrogens is 257 g/mol. The number of halogens is 5. The Morgan fingerprint density at radius 3 is 2.39 bits per heavy atom. The van der Waals surface area contributed by atoms with Gasteiger partial charge in [0.2, 0.25) is 0 Å². The van der Waals surface area contributed by atoms with Gasteiger partial charge in [0, 0.05) is 0 Å². The highest BCUT2D eigenvalue weighted by atomic mass is 19.4. The third-order valence-corrected chi connectivity index (χ3v) is 2.26. The summed E-state index contributed by atoms with van der Waals surface area (Å²) < 4.78 is 62.4. The minimum Gasteiger partial charge on any atom is -0.337 e. The van der Waals surface area contributed by atoms with Crippen LogP contribution in [0.3, 0.4) is 0 Å². The van der Waals surface area contributed by atoms with E-state index in [1.807, 2.05) is 4.98 Å². The van der Waals surface area contributed by atoms with Crippen molar-refractivity contribution in [2.75, 3.05) is 0 Å². The summed E-state index contributed by atoms with van der Waals surface area (Å²) in [6, 6.07) is 5.36. The van der Waals surface area contributed by atoms with Gasteiger partial charge in [-0.3, -0.25) is 0 Å². The van der Waals surface area contributed by atoms with Crippen LogP contribution in [0.2, 0.25) is 0 Å². The molecule has 0 aliphatic rings. The first-order chi connectivity index (χ1) is 8.25. The molecule has 0 radical (unpaired) electrons. The minimum absolute atomic E-state index is 0.0482. The van der Waals surface area contributed by atoms with Gasteiger partial charge in [-0.1, -0.05) is 0 Å². The van der Waals surface area contributed by atoms with Crippen molar-refractivity contribution in [2.45, 2.75) is 12.1 Å². The Kier molecular flexibility index (Phi) is 2.50. The molecule has 1 N–H and O–H groups in total. The molecule has 0 unspecified atom stereocenters. The highest BCUT2D eigenvalue weighted by Crippen LogP contribution is 2.42. The zero-order valence-corrected chi connectivity index (χ0v) is 8.52. The van der Waals surface area contributed by atoms with Gasteiger partial charge in [-0.2, -0.15) is 27.2 Å². The molecule has 0 saturated carbocycles. The van der Waals surface area contributed by atoms with Gasteiger partial charge in [0.15, 0.2) is 5.82 Å². The number of nitrogens with one attached hydrogen (secondary N) is 1. The van der Waals surface area contributed by atoms with Crippen LogP contribution < -0.4 is 0 Å². The number of benzene rings is 1.